The van der Waals surface area contributed by atoms with E-state index in [0.717, 1.165) is 6.42 Å². The van der Waals surface area contributed by atoms with E-state index in [1.54, 1.807) is 12.1 Å². The van der Waals surface area contributed by atoms with Gasteiger partial charge in [0.25, 0.3) is 5.91 Å². The third-order valence-corrected chi connectivity index (χ3v) is 3.82. The van der Waals surface area contributed by atoms with Crippen LogP contribution in [0.15, 0.2) is 48.5 Å². The van der Waals surface area contributed by atoms with Gasteiger partial charge in [0.05, 0.1) is 5.56 Å². The van der Waals surface area contributed by atoms with E-state index in [1.165, 1.54) is 17.7 Å². The van der Waals surface area contributed by atoms with E-state index in [1.807, 2.05) is 24.3 Å². The quantitative estimate of drug-likeness (QED) is 0.808. The summed E-state index contributed by atoms with van der Waals surface area (Å²) >= 11 is 0. The predicted octanol–water partition coefficient (Wildman–Crippen LogP) is 3.92. The Labute approximate surface area is 141 Å². The summed E-state index contributed by atoms with van der Waals surface area (Å²) in [5, 5.41) is 11.6. The van der Waals surface area contributed by atoms with Crippen molar-refractivity contribution in [1.29, 1.82) is 0 Å². The molecule has 0 saturated carbocycles. The molecule has 0 saturated heterocycles. The number of rotatable bonds is 7. The molecule has 0 unspecified atom stereocenters. The third-order valence-electron chi connectivity index (χ3n) is 3.82. The van der Waals surface area contributed by atoms with Crippen LogP contribution in [0.5, 0.6) is 5.75 Å². The van der Waals surface area contributed by atoms with Gasteiger partial charge in [0.2, 0.25) is 0 Å². The zero-order chi connectivity index (χ0) is 17.5. The van der Waals surface area contributed by atoms with E-state index in [2.05, 4.69) is 19.2 Å². The third kappa shape index (κ3) is 4.84. The Kier molecular flexibility index (Phi) is 5.95. The van der Waals surface area contributed by atoms with Crippen molar-refractivity contribution < 1.29 is 19.4 Å². The lowest BCUT2D eigenvalue weighted by molar-refractivity contribution is -0.118. The van der Waals surface area contributed by atoms with Crippen LogP contribution < -0.4 is 10.1 Å². The number of benzene rings is 2. The Morgan fingerprint density at radius 1 is 1.17 bits per heavy atom. The number of nitrogens with one attached hydrogen (secondary N) is 1. The standard InChI is InChI=1S/C19H21NO4/c1-3-13(2)14-7-9-17(10-8-14)24-12-18(21)20-16-6-4-5-15(11-16)19(22)23/h4-11,13H,3,12H2,1-2H3,(H,20,21)(H,22,23)/t13-/m0/s1. The maximum Gasteiger partial charge on any atom is 0.335 e. The average molecular weight is 327 g/mol. The highest BCUT2D eigenvalue weighted by Crippen LogP contribution is 2.21. The van der Waals surface area contributed by atoms with Crippen LogP contribution >= 0.6 is 0 Å². The maximum absolute atomic E-state index is 11.9. The lowest BCUT2D eigenvalue weighted by atomic mass is 9.99. The van der Waals surface area contributed by atoms with Gasteiger partial charge in [0, 0.05) is 5.69 Å². The molecule has 5 heteroatoms. The highest BCUT2D eigenvalue weighted by molar-refractivity contribution is 5.94. The van der Waals surface area contributed by atoms with Gasteiger partial charge < -0.3 is 15.2 Å². The molecule has 0 spiro atoms. The Morgan fingerprint density at radius 3 is 2.50 bits per heavy atom. The maximum atomic E-state index is 11.9. The molecular weight excluding hydrogens is 306 g/mol. The highest BCUT2D eigenvalue weighted by atomic mass is 16.5. The Bertz CT molecular complexity index is 710. The lowest BCUT2D eigenvalue weighted by Crippen LogP contribution is -2.20. The molecule has 0 aliphatic carbocycles. The summed E-state index contributed by atoms with van der Waals surface area (Å²) in [5.41, 5.74) is 1.78. The molecule has 126 valence electrons. The smallest absolute Gasteiger partial charge is 0.335 e. The molecule has 0 bridgehead atoms. The number of hydrogen-bond donors (Lipinski definition) is 2. The normalized spacial score (nSPS) is 11.6. The first-order valence-corrected chi connectivity index (χ1v) is 7.85. The molecule has 24 heavy (non-hydrogen) atoms. The Morgan fingerprint density at radius 2 is 1.88 bits per heavy atom. The van der Waals surface area contributed by atoms with Gasteiger partial charge in [-0.15, -0.1) is 0 Å². The van der Waals surface area contributed by atoms with Crippen molar-refractivity contribution in [2.45, 2.75) is 26.2 Å². The Hall–Kier alpha value is -2.82. The summed E-state index contributed by atoms with van der Waals surface area (Å²) in [7, 11) is 0. The van der Waals surface area contributed by atoms with Gasteiger partial charge in [0.1, 0.15) is 5.75 Å². The predicted molar refractivity (Wildman–Crippen MR) is 92.7 cm³/mol. The molecule has 0 heterocycles. The molecule has 2 aromatic rings. The van der Waals surface area contributed by atoms with E-state index in [9.17, 15) is 9.59 Å². The van der Waals surface area contributed by atoms with Crippen molar-refractivity contribution in [1.82, 2.24) is 0 Å². The average Bonchev–Trinajstić information content (AvgIpc) is 2.60. The molecule has 2 N–H and O–H groups in total. The molecular formula is C19H21NO4. The second kappa shape index (κ2) is 8.15. The molecule has 2 rings (SSSR count). The van der Waals surface area contributed by atoms with E-state index < -0.39 is 5.97 Å². The van der Waals surface area contributed by atoms with Crippen LogP contribution in [0.3, 0.4) is 0 Å². The highest BCUT2D eigenvalue weighted by Gasteiger charge is 2.08. The van der Waals surface area contributed by atoms with Gasteiger partial charge >= 0.3 is 5.97 Å². The van der Waals surface area contributed by atoms with Crippen molar-refractivity contribution in [2.75, 3.05) is 11.9 Å². The first-order valence-electron chi connectivity index (χ1n) is 7.85. The summed E-state index contributed by atoms with van der Waals surface area (Å²) in [6.07, 6.45) is 1.07. The van der Waals surface area contributed by atoms with Crippen LogP contribution in [0, 0.1) is 0 Å². The Balaban J connectivity index is 1.89. The fourth-order valence-corrected chi connectivity index (χ4v) is 2.20. The summed E-state index contributed by atoms with van der Waals surface area (Å²) in [6, 6.07) is 13.8. The summed E-state index contributed by atoms with van der Waals surface area (Å²) in [6.45, 7) is 4.16. The van der Waals surface area contributed by atoms with E-state index >= 15 is 0 Å². The van der Waals surface area contributed by atoms with E-state index in [0.29, 0.717) is 17.4 Å². The van der Waals surface area contributed by atoms with Crippen LogP contribution in [-0.4, -0.2) is 23.6 Å². The number of carboxylic acids is 1. The van der Waals surface area contributed by atoms with Gasteiger partial charge in [-0.05, 0) is 48.2 Å². The zero-order valence-electron chi connectivity index (χ0n) is 13.8. The number of carbonyl (C=O) groups excluding carboxylic acids is 1. The fourth-order valence-electron chi connectivity index (χ4n) is 2.20. The lowest BCUT2D eigenvalue weighted by Gasteiger charge is -2.11. The summed E-state index contributed by atoms with van der Waals surface area (Å²) in [5.74, 6) is -0.271. The topological polar surface area (TPSA) is 75.6 Å². The summed E-state index contributed by atoms with van der Waals surface area (Å²) < 4.78 is 5.46. The molecule has 0 aliphatic rings. The monoisotopic (exact) mass is 327 g/mol. The number of carbonyl (C=O) groups is 2. The second-order valence-electron chi connectivity index (χ2n) is 5.60. The molecule has 5 nitrogen and oxygen atoms in total. The number of ether oxygens (including phenoxy) is 1. The van der Waals surface area contributed by atoms with Crippen molar-refractivity contribution in [3.63, 3.8) is 0 Å². The number of carboxylic acid groups (broad SMARTS) is 1. The van der Waals surface area contributed by atoms with Crippen LogP contribution in [0.1, 0.15) is 42.1 Å². The molecule has 0 aromatic heterocycles. The molecule has 0 radical (unpaired) electrons. The zero-order valence-corrected chi connectivity index (χ0v) is 13.8. The molecule has 0 aliphatic heterocycles. The van der Waals surface area contributed by atoms with Gasteiger partial charge in [0.15, 0.2) is 6.61 Å². The number of anilines is 1. The van der Waals surface area contributed by atoms with Gasteiger partial charge in [-0.3, -0.25) is 4.79 Å². The van der Waals surface area contributed by atoms with Crippen molar-refractivity contribution in [3.05, 3.63) is 59.7 Å². The minimum absolute atomic E-state index is 0.120. The van der Waals surface area contributed by atoms with Gasteiger partial charge in [-0.25, -0.2) is 4.79 Å². The number of amides is 1. The van der Waals surface area contributed by atoms with Crippen molar-refractivity contribution >= 4 is 17.6 Å². The molecule has 2 aromatic carbocycles. The van der Waals surface area contributed by atoms with Gasteiger partial charge in [-0.2, -0.15) is 0 Å². The van der Waals surface area contributed by atoms with Crippen LogP contribution in [-0.2, 0) is 4.79 Å². The second-order valence-corrected chi connectivity index (χ2v) is 5.60. The summed E-state index contributed by atoms with van der Waals surface area (Å²) in [4.78, 5) is 22.8. The molecule has 1 amide bonds. The first-order chi connectivity index (χ1) is 11.5. The van der Waals surface area contributed by atoms with Crippen LogP contribution in [0.25, 0.3) is 0 Å². The molecule has 1 atom stereocenters. The largest absolute Gasteiger partial charge is 0.484 e. The van der Waals surface area contributed by atoms with Crippen molar-refractivity contribution in [3.8, 4) is 5.75 Å². The number of aromatic carboxylic acids is 1. The van der Waals surface area contributed by atoms with Crippen LogP contribution in [0.2, 0.25) is 0 Å². The first kappa shape index (κ1) is 17.5. The number of hydrogen-bond acceptors (Lipinski definition) is 3. The van der Waals surface area contributed by atoms with Crippen LogP contribution in [0.4, 0.5) is 5.69 Å². The van der Waals surface area contributed by atoms with E-state index in [4.69, 9.17) is 9.84 Å². The SMILES string of the molecule is CC[C@H](C)c1ccc(OCC(=O)Nc2cccc(C(=O)O)c2)cc1. The minimum atomic E-state index is -1.04. The van der Waals surface area contributed by atoms with Gasteiger partial charge in [-0.1, -0.05) is 32.0 Å². The van der Waals surface area contributed by atoms with Crippen molar-refractivity contribution in [2.24, 2.45) is 0 Å². The minimum Gasteiger partial charge on any atom is -0.484 e. The fraction of sp³-hybridized carbons (Fsp3) is 0.263. The van der Waals surface area contributed by atoms with E-state index in [-0.39, 0.29) is 18.1 Å². The molecule has 0 fully saturated rings.